The van der Waals surface area contributed by atoms with Crippen molar-refractivity contribution < 1.29 is 18.6 Å². The van der Waals surface area contributed by atoms with Crippen LogP contribution in [0.5, 0.6) is 0 Å². The van der Waals surface area contributed by atoms with Gasteiger partial charge in [-0.25, -0.2) is 13.6 Å². The number of aromatic amines is 2. The molecule has 2 aromatic carbocycles. The van der Waals surface area contributed by atoms with Crippen molar-refractivity contribution in [3.8, 4) is 11.1 Å². The van der Waals surface area contributed by atoms with Crippen LogP contribution in [0.1, 0.15) is 5.56 Å². The number of rotatable bonds is 6. The van der Waals surface area contributed by atoms with Crippen molar-refractivity contribution in [3.63, 3.8) is 0 Å². The number of nitrogens with one attached hydrogen (secondary N) is 2. The fourth-order valence-corrected chi connectivity index (χ4v) is 4.26. The zero-order valence-corrected chi connectivity index (χ0v) is 17.5. The number of aliphatic hydroxyl groups excluding tert-OH is 1. The van der Waals surface area contributed by atoms with E-state index in [-0.39, 0.29) is 42.3 Å². The summed E-state index contributed by atoms with van der Waals surface area (Å²) < 4.78 is 33.1. The fraction of sp³-hybridized carbons (Fsp3) is 0.263. The van der Waals surface area contributed by atoms with Gasteiger partial charge in [-0.05, 0) is 30.7 Å². The van der Waals surface area contributed by atoms with Gasteiger partial charge in [0.1, 0.15) is 11.6 Å². The third-order valence-electron chi connectivity index (χ3n) is 4.34. The first-order chi connectivity index (χ1) is 13.3. The predicted molar refractivity (Wildman–Crippen MR) is 114 cm³/mol. The molecular weight excluding hydrogens is 422 g/mol. The number of hydrogen-bond donors (Lipinski definition) is 3. The molecule has 0 aliphatic carbocycles. The van der Waals surface area contributed by atoms with E-state index in [2.05, 4.69) is 9.97 Å². The van der Waals surface area contributed by atoms with Crippen molar-refractivity contribution in [2.24, 2.45) is 0 Å². The summed E-state index contributed by atoms with van der Waals surface area (Å²) in [5.74, 6) is -1.18. The second-order valence-corrected chi connectivity index (χ2v) is 7.23. The Kier molecular flexibility index (Phi) is 7.64. The lowest BCUT2D eigenvalue weighted by Crippen LogP contribution is -2.23. The molecule has 0 spiro atoms. The summed E-state index contributed by atoms with van der Waals surface area (Å²) >= 11 is 1.20. The minimum Gasteiger partial charge on any atom is -0.394 e. The van der Waals surface area contributed by atoms with Gasteiger partial charge in [-0.1, -0.05) is 0 Å². The quantitative estimate of drug-likeness (QED) is 0.510. The molecule has 1 atom stereocenters. The maximum absolute atomic E-state index is 14.5. The molecule has 0 fully saturated rings. The number of aliphatic hydroxyl groups is 1. The molecule has 0 aliphatic heterocycles. The average molecular weight is 443 g/mol. The lowest BCUT2D eigenvalue weighted by atomic mass is 9.98. The highest BCUT2D eigenvalue weighted by molar-refractivity contribution is 7.99. The lowest BCUT2D eigenvalue weighted by molar-refractivity contribution is 0.0656. The largest absolute Gasteiger partial charge is 0.394 e. The number of hydrogen-bond acceptors (Lipinski definition) is 5. The van der Waals surface area contributed by atoms with Crippen molar-refractivity contribution in [1.29, 1.82) is 0 Å². The molecule has 1 aromatic heterocycles. The van der Waals surface area contributed by atoms with Gasteiger partial charge in [0.05, 0.1) is 23.6 Å². The summed E-state index contributed by atoms with van der Waals surface area (Å²) in [6.07, 6.45) is -0.500. The van der Waals surface area contributed by atoms with Crippen LogP contribution in [0.4, 0.5) is 8.78 Å². The number of ether oxygens (including phenoxy) is 1. The Morgan fingerprint density at radius 2 is 1.93 bits per heavy atom. The molecule has 3 aromatic rings. The highest BCUT2D eigenvalue weighted by atomic mass is 32.2. The van der Waals surface area contributed by atoms with Crippen LogP contribution in [0.3, 0.4) is 0 Å². The van der Waals surface area contributed by atoms with E-state index in [1.807, 2.05) is 0 Å². The van der Waals surface area contributed by atoms with Gasteiger partial charge < -0.3 is 14.8 Å². The molecule has 0 aliphatic rings. The molecule has 3 rings (SSSR count). The van der Waals surface area contributed by atoms with Gasteiger partial charge in [0.2, 0.25) is 0 Å². The van der Waals surface area contributed by atoms with Crippen LogP contribution < -0.4 is 11.2 Å². The van der Waals surface area contributed by atoms with Crippen molar-refractivity contribution in [2.75, 3.05) is 19.5 Å². The van der Waals surface area contributed by atoms with Gasteiger partial charge in [0, 0.05) is 35.0 Å². The molecule has 1 heterocycles. The number of aromatic nitrogens is 2. The minimum absolute atomic E-state index is 0. The van der Waals surface area contributed by atoms with Crippen LogP contribution in [0.25, 0.3) is 22.0 Å². The first-order valence-corrected chi connectivity index (χ1v) is 9.36. The Morgan fingerprint density at radius 3 is 2.55 bits per heavy atom. The number of aryl methyl sites for hydroxylation is 1. The van der Waals surface area contributed by atoms with E-state index in [4.69, 9.17) is 4.74 Å². The number of thioether (sulfide) groups is 1. The molecule has 0 saturated heterocycles. The fourth-order valence-electron chi connectivity index (χ4n) is 2.95. The third-order valence-corrected chi connectivity index (χ3v) is 5.58. The Balaban J connectivity index is 0.00000300. The maximum Gasteiger partial charge on any atom is 0.326 e. The summed E-state index contributed by atoms with van der Waals surface area (Å²) in [5, 5.41) is 9.61. The van der Waals surface area contributed by atoms with Gasteiger partial charge in [-0.3, -0.25) is 9.78 Å². The summed E-state index contributed by atoms with van der Waals surface area (Å²) in [6.45, 7) is 1.47. The first-order valence-electron chi connectivity index (χ1n) is 8.37. The SMILES string of the molecule is CO[C@@H](CO)CSc1c(-c2ccc(F)cc2F)c(C)cc2c(=O)[nH]c(=O)[nH]c12.S. The molecule has 29 heavy (non-hydrogen) atoms. The lowest BCUT2D eigenvalue weighted by Gasteiger charge is -2.18. The summed E-state index contributed by atoms with van der Waals surface area (Å²) in [6, 6.07) is 4.78. The molecule has 0 bridgehead atoms. The normalized spacial score (nSPS) is 12.0. The van der Waals surface area contributed by atoms with E-state index in [0.717, 1.165) is 12.1 Å². The third kappa shape index (κ3) is 4.72. The number of fused-ring (bicyclic) bond motifs is 1. The Labute approximate surface area is 175 Å². The highest BCUT2D eigenvalue weighted by Crippen LogP contribution is 2.39. The second kappa shape index (κ2) is 9.57. The zero-order valence-electron chi connectivity index (χ0n) is 15.6. The number of methoxy groups -OCH3 is 1. The molecule has 156 valence electrons. The first kappa shape index (κ1) is 23.1. The van der Waals surface area contributed by atoms with Crippen molar-refractivity contribution >= 4 is 36.2 Å². The molecule has 0 unspecified atom stereocenters. The number of halogens is 2. The predicted octanol–water partition coefficient (Wildman–Crippen LogP) is 2.68. The molecule has 0 saturated carbocycles. The Hall–Kier alpha value is -2.14. The van der Waals surface area contributed by atoms with E-state index >= 15 is 0 Å². The van der Waals surface area contributed by atoms with Crippen LogP contribution in [0, 0.1) is 18.6 Å². The molecule has 10 heteroatoms. The molecule has 0 radical (unpaired) electrons. The smallest absolute Gasteiger partial charge is 0.326 e. The second-order valence-electron chi connectivity index (χ2n) is 6.20. The summed E-state index contributed by atoms with van der Waals surface area (Å²) in [7, 11) is 1.45. The van der Waals surface area contributed by atoms with Gasteiger partial charge in [-0.15, -0.1) is 11.8 Å². The van der Waals surface area contributed by atoms with Gasteiger partial charge in [0.25, 0.3) is 5.56 Å². The van der Waals surface area contributed by atoms with Crippen LogP contribution in [-0.4, -0.2) is 40.6 Å². The van der Waals surface area contributed by atoms with Crippen LogP contribution in [-0.2, 0) is 4.74 Å². The van der Waals surface area contributed by atoms with Gasteiger partial charge >= 0.3 is 5.69 Å². The maximum atomic E-state index is 14.5. The number of benzene rings is 2. The van der Waals surface area contributed by atoms with Crippen molar-refractivity contribution in [1.82, 2.24) is 9.97 Å². The van der Waals surface area contributed by atoms with Gasteiger partial charge in [-0.2, -0.15) is 13.5 Å². The topological polar surface area (TPSA) is 95.2 Å². The van der Waals surface area contributed by atoms with Crippen LogP contribution >= 0.6 is 25.3 Å². The highest BCUT2D eigenvalue weighted by Gasteiger charge is 2.20. The zero-order chi connectivity index (χ0) is 20.4. The monoisotopic (exact) mass is 442 g/mol. The van der Waals surface area contributed by atoms with E-state index in [1.54, 1.807) is 13.0 Å². The standard InChI is InChI=1S/C19H18F2N2O4S.H2S/c1-9-5-13-16(22-19(26)23-18(13)25)17(28-8-11(7-24)27-2)15(9)12-4-3-10(20)6-14(12)21;/h3-6,11,24H,7-8H2,1-2H3,(H2,22,23,25,26);1H2/t11-;/m0./s1. The van der Waals surface area contributed by atoms with Gasteiger partial charge in [0.15, 0.2) is 0 Å². The van der Waals surface area contributed by atoms with Crippen molar-refractivity contribution in [2.45, 2.75) is 17.9 Å². The average Bonchev–Trinajstić information content (AvgIpc) is 2.64. The van der Waals surface area contributed by atoms with Crippen LogP contribution in [0.2, 0.25) is 0 Å². The Bertz CT molecular complexity index is 1140. The minimum atomic E-state index is -0.762. The number of H-pyrrole nitrogens is 2. The van der Waals surface area contributed by atoms with E-state index in [9.17, 15) is 23.5 Å². The van der Waals surface area contributed by atoms with Crippen molar-refractivity contribution in [3.05, 3.63) is 62.3 Å². The molecular formula is C19H20F2N2O4S2. The Morgan fingerprint density at radius 1 is 1.21 bits per heavy atom. The summed E-state index contributed by atoms with van der Waals surface area (Å²) in [4.78, 5) is 29.3. The van der Waals surface area contributed by atoms with E-state index < -0.39 is 29.0 Å². The van der Waals surface area contributed by atoms with Crippen LogP contribution in [0.15, 0.2) is 38.8 Å². The summed E-state index contributed by atoms with van der Waals surface area (Å²) in [5.41, 5.74) is 0.137. The van der Waals surface area contributed by atoms with E-state index in [1.165, 1.54) is 24.9 Å². The van der Waals surface area contributed by atoms with E-state index in [0.29, 0.717) is 16.0 Å². The molecule has 6 nitrogen and oxygen atoms in total. The molecule has 0 amide bonds. The molecule has 3 N–H and O–H groups in total.